The molecule has 0 heterocycles. The summed E-state index contributed by atoms with van der Waals surface area (Å²) in [6.07, 6.45) is 0. The van der Waals surface area contributed by atoms with Gasteiger partial charge in [-0.1, -0.05) is 0 Å². The molecule has 0 saturated carbocycles. The van der Waals surface area contributed by atoms with Gasteiger partial charge in [0.2, 0.25) is 0 Å². The topological polar surface area (TPSA) is 0 Å². The van der Waals surface area contributed by atoms with Gasteiger partial charge in [0.25, 0.3) is 0 Å². The third-order valence-corrected chi connectivity index (χ3v) is 0. The van der Waals surface area contributed by atoms with Crippen molar-refractivity contribution in [2.75, 3.05) is 0 Å². The van der Waals surface area contributed by atoms with Gasteiger partial charge in [-0.25, -0.2) is 0 Å². The molecule has 0 nitrogen and oxygen atoms in total. The van der Waals surface area contributed by atoms with Crippen molar-refractivity contribution in [2.45, 2.75) is 0 Å². The zero-order chi connectivity index (χ0) is 0. The Balaban J connectivity index is 0. The SMILES string of the molecule is [AlH3].[Cr].[Fe].[Zn]. The van der Waals surface area contributed by atoms with E-state index in [1.807, 2.05) is 0 Å². The van der Waals surface area contributed by atoms with Crippen LogP contribution in [0.1, 0.15) is 0 Å². The Morgan fingerprint density at radius 2 is 1.00 bits per heavy atom. The van der Waals surface area contributed by atoms with Gasteiger partial charge in [-0.2, -0.15) is 0 Å². The van der Waals surface area contributed by atoms with Crippen LogP contribution in [0.25, 0.3) is 0 Å². The van der Waals surface area contributed by atoms with Crippen LogP contribution in [0.4, 0.5) is 0 Å². The predicted octanol–water partition coefficient (Wildman–Crippen LogP) is -1.19. The van der Waals surface area contributed by atoms with Crippen LogP contribution in [0.3, 0.4) is 0 Å². The molecule has 0 fully saturated rings. The van der Waals surface area contributed by atoms with Gasteiger partial charge < -0.3 is 0 Å². The van der Waals surface area contributed by atoms with Crippen LogP contribution in [-0.4, -0.2) is 17.4 Å². The fourth-order valence-electron chi connectivity index (χ4n) is 0. The summed E-state index contributed by atoms with van der Waals surface area (Å²) in [5.74, 6) is 0. The first kappa shape index (κ1) is 34.5. The Morgan fingerprint density at radius 3 is 1.00 bits per heavy atom. The molecule has 4 heavy (non-hydrogen) atoms. The van der Waals surface area contributed by atoms with Crippen LogP contribution in [0, 0.1) is 0 Å². The van der Waals surface area contributed by atoms with Crippen LogP contribution in [0.5, 0.6) is 0 Å². The van der Waals surface area contributed by atoms with E-state index < -0.39 is 0 Å². The van der Waals surface area contributed by atoms with Crippen molar-refractivity contribution in [2.24, 2.45) is 0 Å². The van der Waals surface area contributed by atoms with E-state index in [0.29, 0.717) is 0 Å². The molecule has 0 radical (unpaired) electrons. The van der Waals surface area contributed by atoms with E-state index in [1.165, 1.54) is 0 Å². The Morgan fingerprint density at radius 1 is 1.00 bits per heavy atom. The summed E-state index contributed by atoms with van der Waals surface area (Å²) in [5, 5.41) is 0. The molecule has 0 aliphatic rings. The van der Waals surface area contributed by atoms with E-state index in [2.05, 4.69) is 0 Å². The Kier molecular flexibility index (Phi) is 163. The maximum absolute atomic E-state index is 0. The summed E-state index contributed by atoms with van der Waals surface area (Å²) in [6, 6.07) is 0. The van der Waals surface area contributed by atoms with Gasteiger partial charge >= 0.3 is 0 Å². The minimum Gasteiger partial charge on any atom is 0 e. The van der Waals surface area contributed by atoms with E-state index in [0.717, 1.165) is 0 Å². The molecule has 0 amide bonds. The molecule has 4 heteroatoms. The number of hydrogen-bond acceptors (Lipinski definition) is 0. The van der Waals surface area contributed by atoms with Crippen molar-refractivity contribution < 1.29 is 53.9 Å². The molecule has 0 aliphatic heterocycles. The molecule has 0 spiro atoms. The van der Waals surface area contributed by atoms with Gasteiger partial charge in [-0.05, 0) is 0 Å². The van der Waals surface area contributed by atoms with Crippen molar-refractivity contribution in [3.05, 3.63) is 0 Å². The molecule has 0 atom stereocenters. The van der Waals surface area contributed by atoms with Gasteiger partial charge in [0, 0.05) is 53.9 Å². The normalized spacial score (nSPS) is 0. The Labute approximate surface area is 70.6 Å². The average molecular weight is 203 g/mol. The van der Waals surface area contributed by atoms with Crippen LogP contribution in [0.2, 0.25) is 0 Å². The van der Waals surface area contributed by atoms with E-state index >= 15 is 0 Å². The summed E-state index contributed by atoms with van der Waals surface area (Å²) in [7, 11) is 0. The molecular weight excluding hydrogens is 200 g/mol. The zero-order valence-corrected chi connectivity index (χ0v) is 6.82. The average Bonchev–Trinajstić information content (AvgIpc) is 0. The second kappa shape index (κ2) is 18.9. The van der Waals surface area contributed by atoms with Crippen LogP contribution < -0.4 is 0 Å². The summed E-state index contributed by atoms with van der Waals surface area (Å²) >= 11 is 0. The largest absolute Gasteiger partial charge is 0.187 e. The van der Waals surface area contributed by atoms with E-state index in [-0.39, 0.29) is 71.3 Å². The minimum absolute atomic E-state index is 0. The van der Waals surface area contributed by atoms with Crippen molar-refractivity contribution in [1.29, 1.82) is 0 Å². The van der Waals surface area contributed by atoms with Crippen molar-refractivity contribution in [3.8, 4) is 0 Å². The van der Waals surface area contributed by atoms with Crippen molar-refractivity contribution in [3.63, 3.8) is 0 Å². The summed E-state index contributed by atoms with van der Waals surface area (Å²) in [4.78, 5) is 0. The van der Waals surface area contributed by atoms with E-state index in [4.69, 9.17) is 0 Å². The molecule has 0 aromatic heterocycles. The first-order chi connectivity index (χ1) is 0. The van der Waals surface area contributed by atoms with Crippen molar-refractivity contribution >= 4 is 17.4 Å². The summed E-state index contributed by atoms with van der Waals surface area (Å²) in [6.45, 7) is 0. The van der Waals surface area contributed by atoms with Gasteiger partial charge in [0.05, 0.1) is 0 Å². The predicted molar refractivity (Wildman–Crippen MR) is 9.94 cm³/mol. The molecule has 0 saturated heterocycles. The molecule has 0 rings (SSSR count). The van der Waals surface area contributed by atoms with E-state index in [9.17, 15) is 0 Å². The van der Waals surface area contributed by atoms with Crippen LogP contribution in [0.15, 0.2) is 0 Å². The summed E-state index contributed by atoms with van der Waals surface area (Å²) in [5.41, 5.74) is 0. The monoisotopic (exact) mass is 202 g/mol. The van der Waals surface area contributed by atoms with Crippen LogP contribution in [-0.2, 0) is 53.9 Å². The molecule has 0 aromatic rings. The van der Waals surface area contributed by atoms with E-state index in [1.54, 1.807) is 0 Å². The molecule has 0 aromatic carbocycles. The molecule has 22 valence electrons. The minimum atomic E-state index is 0. The van der Waals surface area contributed by atoms with Gasteiger partial charge in [-0.3, -0.25) is 0 Å². The van der Waals surface area contributed by atoms with Crippen LogP contribution >= 0.6 is 0 Å². The van der Waals surface area contributed by atoms with Gasteiger partial charge in [0.1, 0.15) is 0 Å². The maximum Gasteiger partial charge on any atom is 0.187 e. The fraction of sp³-hybridized carbons (Fsp3) is 0. The smallest absolute Gasteiger partial charge is 0 e. The second-order valence-electron chi connectivity index (χ2n) is 0. The Hall–Kier alpha value is 2.21. The third kappa shape index (κ3) is 8.88. The number of hydrogen-bond donors (Lipinski definition) is 0. The summed E-state index contributed by atoms with van der Waals surface area (Å²) < 4.78 is 0. The molecular formula is H3AlCrFeZn. The first-order valence-corrected chi connectivity index (χ1v) is 0. The second-order valence-corrected chi connectivity index (χ2v) is 0. The quantitative estimate of drug-likeness (QED) is 0.434. The molecule has 0 unspecified atom stereocenters. The Bertz CT molecular complexity index is 8.00. The van der Waals surface area contributed by atoms with Gasteiger partial charge in [0.15, 0.2) is 17.4 Å². The number of rotatable bonds is 0. The third-order valence-electron chi connectivity index (χ3n) is 0. The van der Waals surface area contributed by atoms with Gasteiger partial charge in [-0.15, -0.1) is 0 Å². The fourth-order valence-corrected chi connectivity index (χ4v) is 0. The maximum atomic E-state index is 0. The standard InChI is InChI=1S/Al.Cr.Fe.Zn.3H. The van der Waals surface area contributed by atoms with Crippen molar-refractivity contribution in [1.82, 2.24) is 0 Å². The molecule has 0 N–H and O–H groups in total. The molecule has 0 bridgehead atoms. The molecule has 0 aliphatic carbocycles. The zero-order valence-electron chi connectivity index (χ0n) is 1.47. The first-order valence-electron chi connectivity index (χ1n) is 0.